The van der Waals surface area contributed by atoms with Gasteiger partial charge in [0.05, 0.1) is 18.8 Å². The van der Waals surface area contributed by atoms with Gasteiger partial charge in [0.1, 0.15) is 6.29 Å². The Labute approximate surface area is 233 Å². The van der Waals surface area contributed by atoms with Crippen LogP contribution in [0.1, 0.15) is 61.8 Å². The molecule has 2 rings (SSSR count). The van der Waals surface area contributed by atoms with Crippen LogP contribution in [0.5, 0.6) is 0 Å². The topological polar surface area (TPSA) is 55.8 Å². The van der Waals surface area contributed by atoms with Crippen molar-refractivity contribution >= 4 is 33.3 Å². The van der Waals surface area contributed by atoms with Crippen LogP contribution in [0, 0.1) is 5.92 Å². The minimum atomic E-state index is -2.85. The van der Waals surface area contributed by atoms with Gasteiger partial charge in [-0.15, -0.1) is 0 Å². The molecule has 0 saturated carbocycles. The van der Waals surface area contributed by atoms with Crippen LogP contribution in [-0.2, 0) is 13.6 Å². The number of aliphatic hydroxyl groups is 1. The van der Waals surface area contributed by atoms with E-state index in [9.17, 15) is 9.90 Å². The number of carbonyl (C=O) groups is 1. The average molecular weight is 555 g/mol. The maximum atomic E-state index is 11.5. The van der Waals surface area contributed by atoms with E-state index in [-0.39, 0.29) is 34.8 Å². The minimum absolute atomic E-state index is 0.0164. The molecule has 0 spiro atoms. The van der Waals surface area contributed by atoms with Gasteiger partial charge in [0.2, 0.25) is 0 Å². The van der Waals surface area contributed by atoms with Crippen molar-refractivity contribution in [3.8, 4) is 0 Å². The fourth-order valence-electron chi connectivity index (χ4n) is 4.74. The quantitative estimate of drug-likeness (QED) is 0.185. The van der Waals surface area contributed by atoms with Crippen LogP contribution in [0.2, 0.25) is 23.2 Å². The smallest absolute Gasteiger partial charge is 0.261 e. The van der Waals surface area contributed by atoms with Gasteiger partial charge in [-0.25, -0.2) is 0 Å². The molecule has 0 fully saturated rings. The Kier molecular flexibility index (Phi) is 11.1. The summed E-state index contributed by atoms with van der Waals surface area (Å²) in [6.45, 7) is 21.8. The maximum Gasteiger partial charge on any atom is 0.261 e. The highest BCUT2D eigenvalue weighted by Gasteiger charge is 2.52. The van der Waals surface area contributed by atoms with Crippen molar-refractivity contribution in [1.82, 2.24) is 0 Å². The lowest BCUT2D eigenvalue weighted by Gasteiger charge is -2.47. The van der Waals surface area contributed by atoms with Crippen molar-refractivity contribution < 1.29 is 18.8 Å². The Morgan fingerprint density at radius 2 is 1.32 bits per heavy atom. The first kappa shape index (κ1) is 32.4. The van der Waals surface area contributed by atoms with Gasteiger partial charge in [0.15, 0.2) is 8.32 Å². The molecule has 210 valence electrons. The summed E-state index contributed by atoms with van der Waals surface area (Å²) in [7, 11) is -5.00. The molecule has 0 aromatic heterocycles. The molecule has 0 aliphatic carbocycles. The molecule has 0 unspecified atom stereocenters. The molecule has 0 saturated heterocycles. The van der Waals surface area contributed by atoms with Crippen LogP contribution >= 0.6 is 0 Å². The van der Waals surface area contributed by atoms with Crippen LogP contribution < -0.4 is 10.4 Å². The SMILES string of the molecule is C/C(C=O)=C/C[C@@H](O[Si](c1ccccc1)(c1ccccc1)C(C)(C)C)[C@H](C)[C@H](CO)O[Si](C)(C)C(C)(C)C. The zero-order valence-electron chi connectivity index (χ0n) is 25.2. The Balaban J connectivity index is 2.70. The molecule has 38 heavy (non-hydrogen) atoms. The van der Waals surface area contributed by atoms with Gasteiger partial charge >= 0.3 is 0 Å². The van der Waals surface area contributed by atoms with E-state index in [1.165, 1.54) is 10.4 Å². The second-order valence-corrected chi connectivity index (χ2v) is 22.1. The molecule has 0 heterocycles. The van der Waals surface area contributed by atoms with Crippen molar-refractivity contribution in [3.05, 3.63) is 72.3 Å². The number of hydrogen-bond acceptors (Lipinski definition) is 4. The van der Waals surface area contributed by atoms with Crippen molar-refractivity contribution in [2.45, 2.75) is 97.2 Å². The van der Waals surface area contributed by atoms with Crippen LogP contribution in [-0.4, -0.2) is 46.8 Å². The molecule has 3 atom stereocenters. The summed E-state index contributed by atoms with van der Waals surface area (Å²) in [5, 5.41) is 12.8. The summed E-state index contributed by atoms with van der Waals surface area (Å²) >= 11 is 0. The van der Waals surface area contributed by atoms with Crippen LogP contribution in [0.25, 0.3) is 0 Å². The van der Waals surface area contributed by atoms with E-state index in [2.05, 4.69) is 110 Å². The molecule has 0 amide bonds. The van der Waals surface area contributed by atoms with Gasteiger partial charge in [-0.1, -0.05) is 115 Å². The van der Waals surface area contributed by atoms with Crippen molar-refractivity contribution in [2.75, 3.05) is 6.61 Å². The molecule has 0 radical (unpaired) electrons. The zero-order chi connectivity index (χ0) is 28.8. The second kappa shape index (κ2) is 13.0. The van der Waals surface area contributed by atoms with E-state index >= 15 is 0 Å². The lowest BCUT2D eigenvalue weighted by Crippen LogP contribution is -2.68. The first-order valence-corrected chi connectivity index (χ1v) is 18.6. The highest BCUT2D eigenvalue weighted by molar-refractivity contribution is 6.99. The molecule has 2 aromatic rings. The number of aliphatic hydroxyl groups excluding tert-OH is 1. The summed E-state index contributed by atoms with van der Waals surface area (Å²) in [6, 6.07) is 21.2. The average Bonchev–Trinajstić information content (AvgIpc) is 2.86. The highest BCUT2D eigenvalue weighted by Crippen LogP contribution is 2.41. The largest absolute Gasteiger partial charge is 0.411 e. The van der Waals surface area contributed by atoms with E-state index in [4.69, 9.17) is 8.85 Å². The Bertz CT molecular complexity index is 997. The van der Waals surface area contributed by atoms with E-state index in [0.29, 0.717) is 12.0 Å². The number of hydrogen-bond donors (Lipinski definition) is 1. The fourth-order valence-corrected chi connectivity index (χ4v) is 10.9. The lowest BCUT2D eigenvalue weighted by atomic mass is 9.95. The number of rotatable bonds is 12. The molecule has 0 bridgehead atoms. The zero-order valence-corrected chi connectivity index (χ0v) is 27.2. The van der Waals surface area contributed by atoms with E-state index in [0.717, 1.165) is 6.29 Å². The summed E-state index contributed by atoms with van der Waals surface area (Å²) < 4.78 is 14.3. The Morgan fingerprint density at radius 3 is 1.68 bits per heavy atom. The first-order chi connectivity index (χ1) is 17.6. The second-order valence-electron chi connectivity index (χ2n) is 13.1. The molecule has 0 aliphatic rings. The molecule has 1 N–H and O–H groups in total. The maximum absolute atomic E-state index is 11.5. The molecule has 4 nitrogen and oxygen atoms in total. The summed E-state index contributed by atoms with van der Waals surface area (Å²) in [6.07, 6.45) is 2.78. The molecule has 2 aromatic carbocycles. The number of benzene rings is 2. The normalized spacial score (nSPS) is 16.1. The third kappa shape index (κ3) is 7.42. The molecular weight excluding hydrogens is 505 g/mol. The third-order valence-electron chi connectivity index (χ3n) is 8.21. The number of carbonyl (C=O) groups excluding carboxylic acids is 1. The van der Waals surface area contributed by atoms with Crippen molar-refractivity contribution in [1.29, 1.82) is 0 Å². The molecular formula is C32H50O4Si2. The van der Waals surface area contributed by atoms with Crippen molar-refractivity contribution in [3.63, 3.8) is 0 Å². The summed E-state index contributed by atoms with van der Waals surface area (Å²) in [4.78, 5) is 11.5. The van der Waals surface area contributed by atoms with Gasteiger partial charge < -0.3 is 14.0 Å². The van der Waals surface area contributed by atoms with Gasteiger partial charge in [0, 0.05) is 5.92 Å². The van der Waals surface area contributed by atoms with Crippen molar-refractivity contribution in [2.24, 2.45) is 5.92 Å². The van der Waals surface area contributed by atoms with Gasteiger partial charge in [0.25, 0.3) is 8.32 Å². The third-order valence-corrected chi connectivity index (χ3v) is 17.8. The fraction of sp³-hybridized carbons (Fsp3) is 0.531. The van der Waals surface area contributed by atoms with Crippen LogP contribution in [0.4, 0.5) is 0 Å². The minimum Gasteiger partial charge on any atom is -0.411 e. The van der Waals surface area contributed by atoms with E-state index in [1.54, 1.807) is 0 Å². The van der Waals surface area contributed by atoms with Gasteiger partial charge in [-0.2, -0.15) is 0 Å². The number of aldehydes is 1. The summed E-state index contributed by atoms with van der Waals surface area (Å²) in [5.41, 5.74) is 0.680. The summed E-state index contributed by atoms with van der Waals surface area (Å²) in [5.74, 6) is -0.105. The van der Waals surface area contributed by atoms with E-state index < -0.39 is 16.6 Å². The Morgan fingerprint density at radius 1 is 0.842 bits per heavy atom. The molecule has 6 heteroatoms. The van der Waals surface area contributed by atoms with Crippen LogP contribution in [0.15, 0.2) is 72.3 Å². The lowest BCUT2D eigenvalue weighted by molar-refractivity contribution is -0.104. The first-order valence-electron chi connectivity index (χ1n) is 13.8. The highest BCUT2D eigenvalue weighted by atomic mass is 28.4. The Hall–Kier alpha value is -1.84. The van der Waals surface area contributed by atoms with Gasteiger partial charge in [-0.3, -0.25) is 4.79 Å². The van der Waals surface area contributed by atoms with Gasteiger partial charge in [-0.05, 0) is 52.5 Å². The molecule has 0 aliphatic heterocycles. The number of allylic oxidation sites excluding steroid dienone is 1. The monoisotopic (exact) mass is 554 g/mol. The van der Waals surface area contributed by atoms with Crippen LogP contribution in [0.3, 0.4) is 0 Å². The van der Waals surface area contributed by atoms with E-state index in [1.807, 2.05) is 25.1 Å². The predicted octanol–water partition coefficient (Wildman–Crippen LogP) is 6.49. The standard InChI is InChI=1S/C32H50O4Si2/c1-25(23-33)21-22-29(26(2)30(24-34)35-37(9,10)31(3,4)5)36-38(32(6,7)8,27-17-13-11-14-18-27)28-19-15-12-16-20-28/h11-21,23,26,29-30,34H,22,24H2,1-10H3/b25-21-/t26-,29+,30-/m0/s1. The predicted molar refractivity (Wildman–Crippen MR) is 165 cm³/mol.